The minimum absolute atomic E-state index is 0.353. The van der Waals surface area contributed by atoms with Gasteiger partial charge >= 0.3 is 0 Å². The average molecular weight is 187 g/mol. The topological polar surface area (TPSA) is 21.3 Å². The number of rotatable bonds is 7. The van der Waals surface area contributed by atoms with Crippen molar-refractivity contribution in [1.29, 1.82) is 0 Å². The highest BCUT2D eigenvalue weighted by Crippen LogP contribution is 2.16. The number of methoxy groups -OCH3 is 1. The molecule has 0 aromatic rings. The van der Waals surface area contributed by atoms with E-state index < -0.39 is 0 Å². The van der Waals surface area contributed by atoms with E-state index in [1.54, 1.807) is 7.11 Å². The predicted octanol–water partition coefficient (Wildman–Crippen LogP) is 2.44. The summed E-state index contributed by atoms with van der Waals surface area (Å²) in [5.41, 5.74) is 0. The molecule has 0 spiro atoms. The molecule has 0 rings (SSSR count). The van der Waals surface area contributed by atoms with Gasteiger partial charge in [0.1, 0.15) is 0 Å². The van der Waals surface area contributed by atoms with Gasteiger partial charge in [0.25, 0.3) is 0 Å². The molecule has 0 fully saturated rings. The quantitative estimate of drug-likeness (QED) is 0.661. The molecule has 13 heavy (non-hydrogen) atoms. The van der Waals surface area contributed by atoms with E-state index in [-0.39, 0.29) is 0 Å². The highest BCUT2D eigenvalue weighted by Gasteiger charge is 2.22. The zero-order valence-corrected chi connectivity index (χ0v) is 9.76. The van der Waals surface area contributed by atoms with Gasteiger partial charge in [-0.1, -0.05) is 27.2 Å². The van der Waals surface area contributed by atoms with Crippen molar-refractivity contribution in [3.05, 3.63) is 0 Å². The lowest BCUT2D eigenvalue weighted by molar-refractivity contribution is 0.0485. The number of hydrogen-bond acceptors (Lipinski definition) is 2. The summed E-state index contributed by atoms with van der Waals surface area (Å²) in [7, 11) is 3.83. The molecule has 0 saturated heterocycles. The van der Waals surface area contributed by atoms with Gasteiger partial charge in [0.15, 0.2) is 0 Å². The zero-order chi connectivity index (χ0) is 10.3. The molecule has 0 aromatic heterocycles. The Balaban J connectivity index is 4.11. The van der Waals surface area contributed by atoms with Crippen LogP contribution >= 0.6 is 0 Å². The second-order valence-corrected chi connectivity index (χ2v) is 3.76. The summed E-state index contributed by atoms with van der Waals surface area (Å²) in [5, 5.41) is 3.36. The Hall–Kier alpha value is -0.0800. The zero-order valence-electron chi connectivity index (χ0n) is 9.76. The van der Waals surface area contributed by atoms with E-state index in [0.29, 0.717) is 18.1 Å². The Bertz CT molecular complexity index is 113. The number of hydrogen-bond donors (Lipinski definition) is 1. The Morgan fingerprint density at radius 2 is 1.92 bits per heavy atom. The number of likely N-dealkylation sites (N-methyl/N-ethyl adjacent to an activating group) is 1. The molecule has 0 radical (unpaired) electrons. The van der Waals surface area contributed by atoms with Crippen molar-refractivity contribution in [3.8, 4) is 0 Å². The lowest BCUT2D eigenvalue weighted by Gasteiger charge is -2.30. The molecule has 0 aliphatic carbocycles. The largest absolute Gasteiger partial charge is 0.380 e. The van der Waals surface area contributed by atoms with Crippen LogP contribution in [0.4, 0.5) is 0 Å². The van der Waals surface area contributed by atoms with Crippen LogP contribution < -0.4 is 5.32 Å². The summed E-state index contributed by atoms with van der Waals surface area (Å²) < 4.78 is 5.46. The van der Waals surface area contributed by atoms with E-state index in [9.17, 15) is 0 Å². The van der Waals surface area contributed by atoms with Crippen molar-refractivity contribution in [2.24, 2.45) is 5.92 Å². The molecule has 0 aliphatic heterocycles. The number of ether oxygens (including phenoxy) is 1. The first-order valence-electron chi connectivity index (χ1n) is 5.41. The van der Waals surface area contributed by atoms with Crippen LogP contribution in [0.3, 0.4) is 0 Å². The van der Waals surface area contributed by atoms with E-state index in [0.717, 1.165) is 6.42 Å². The summed E-state index contributed by atoms with van der Waals surface area (Å²) in [6.45, 7) is 6.71. The minimum atomic E-state index is 0.353. The first-order chi connectivity index (χ1) is 6.21. The van der Waals surface area contributed by atoms with Crippen molar-refractivity contribution in [2.75, 3.05) is 14.2 Å². The lowest BCUT2D eigenvalue weighted by Crippen LogP contribution is -2.43. The summed E-state index contributed by atoms with van der Waals surface area (Å²) in [6, 6.07) is 0.495. The molecule has 0 amide bonds. The fourth-order valence-electron chi connectivity index (χ4n) is 2.04. The molecule has 3 atom stereocenters. The van der Waals surface area contributed by atoms with Crippen molar-refractivity contribution in [2.45, 2.75) is 52.2 Å². The average Bonchev–Trinajstić information content (AvgIpc) is 2.14. The van der Waals surface area contributed by atoms with Gasteiger partial charge < -0.3 is 10.1 Å². The van der Waals surface area contributed by atoms with Crippen LogP contribution in [0, 0.1) is 5.92 Å². The van der Waals surface area contributed by atoms with Crippen LogP contribution in [0.5, 0.6) is 0 Å². The van der Waals surface area contributed by atoms with Gasteiger partial charge in [0.2, 0.25) is 0 Å². The van der Waals surface area contributed by atoms with E-state index >= 15 is 0 Å². The fraction of sp³-hybridized carbons (Fsp3) is 1.00. The lowest BCUT2D eigenvalue weighted by atomic mass is 9.91. The minimum Gasteiger partial charge on any atom is -0.380 e. The van der Waals surface area contributed by atoms with Crippen LogP contribution in [0.15, 0.2) is 0 Å². The van der Waals surface area contributed by atoms with Crippen LogP contribution in [0.2, 0.25) is 0 Å². The Morgan fingerprint density at radius 1 is 1.31 bits per heavy atom. The first-order valence-corrected chi connectivity index (χ1v) is 5.41. The second-order valence-electron chi connectivity index (χ2n) is 3.76. The summed E-state index contributed by atoms with van der Waals surface area (Å²) in [4.78, 5) is 0. The van der Waals surface area contributed by atoms with E-state index in [2.05, 4.69) is 26.1 Å². The maximum absolute atomic E-state index is 5.46. The molecule has 80 valence electrons. The molecular formula is C11H25NO. The molecule has 2 nitrogen and oxygen atoms in total. The molecule has 0 aliphatic rings. The molecule has 3 unspecified atom stereocenters. The van der Waals surface area contributed by atoms with Crippen LogP contribution in [0.25, 0.3) is 0 Å². The number of nitrogens with one attached hydrogen (secondary N) is 1. The van der Waals surface area contributed by atoms with Crippen LogP contribution in [0.1, 0.15) is 40.0 Å². The van der Waals surface area contributed by atoms with Crippen LogP contribution in [-0.4, -0.2) is 26.3 Å². The third-order valence-corrected chi connectivity index (χ3v) is 2.80. The SMILES string of the molecule is CCCC(C)C(NC)C(CC)OC. The molecule has 0 saturated carbocycles. The van der Waals surface area contributed by atoms with Gasteiger partial charge in [-0.2, -0.15) is 0 Å². The first kappa shape index (κ1) is 12.9. The Labute approximate surface area is 83.1 Å². The summed E-state index contributed by atoms with van der Waals surface area (Å²) in [6.07, 6.45) is 3.95. The van der Waals surface area contributed by atoms with Gasteiger partial charge in [-0.3, -0.25) is 0 Å². The predicted molar refractivity (Wildman–Crippen MR) is 58.0 cm³/mol. The van der Waals surface area contributed by atoms with Crippen LogP contribution in [-0.2, 0) is 4.74 Å². The summed E-state index contributed by atoms with van der Waals surface area (Å²) >= 11 is 0. The third kappa shape index (κ3) is 4.10. The van der Waals surface area contributed by atoms with Gasteiger partial charge in [0.05, 0.1) is 6.10 Å². The monoisotopic (exact) mass is 187 g/mol. The fourth-order valence-corrected chi connectivity index (χ4v) is 2.04. The maximum Gasteiger partial charge on any atom is 0.0724 e. The second kappa shape index (κ2) is 7.34. The van der Waals surface area contributed by atoms with Gasteiger partial charge in [-0.05, 0) is 25.8 Å². The molecule has 2 heteroatoms. The van der Waals surface area contributed by atoms with Crippen molar-refractivity contribution in [3.63, 3.8) is 0 Å². The van der Waals surface area contributed by atoms with E-state index in [4.69, 9.17) is 4.74 Å². The van der Waals surface area contributed by atoms with Gasteiger partial charge in [-0.25, -0.2) is 0 Å². The highest BCUT2D eigenvalue weighted by atomic mass is 16.5. The highest BCUT2D eigenvalue weighted by molar-refractivity contribution is 4.79. The Kier molecular flexibility index (Phi) is 7.29. The van der Waals surface area contributed by atoms with E-state index in [1.165, 1.54) is 12.8 Å². The van der Waals surface area contributed by atoms with E-state index in [1.807, 2.05) is 7.05 Å². The molecule has 0 heterocycles. The molecule has 0 aromatic carbocycles. The third-order valence-electron chi connectivity index (χ3n) is 2.80. The Morgan fingerprint density at radius 3 is 2.23 bits per heavy atom. The van der Waals surface area contributed by atoms with Gasteiger partial charge in [0, 0.05) is 13.2 Å². The normalized spacial score (nSPS) is 18.2. The molecular weight excluding hydrogens is 162 g/mol. The summed E-state index contributed by atoms with van der Waals surface area (Å²) in [5.74, 6) is 0.694. The molecule has 0 bridgehead atoms. The van der Waals surface area contributed by atoms with Crippen molar-refractivity contribution >= 4 is 0 Å². The molecule has 1 N–H and O–H groups in total. The van der Waals surface area contributed by atoms with Crippen molar-refractivity contribution < 1.29 is 4.74 Å². The smallest absolute Gasteiger partial charge is 0.0724 e. The van der Waals surface area contributed by atoms with Gasteiger partial charge in [-0.15, -0.1) is 0 Å². The van der Waals surface area contributed by atoms with Crippen molar-refractivity contribution in [1.82, 2.24) is 5.32 Å². The maximum atomic E-state index is 5.46. The standard InChI is InChI=1S/C11H25NO/c1-6-8-9(3)11(12-4)10(7-2)13-5/h9-12H,6-8H2,1-5H3.